The molecule has 0 unspecified atom stereocenters. The summed E-state index contributed by atoms with van der Waals surface area (Å²) in [4.78, 5) is 20.3. The number of fused-ring (bicyclic) bond motifs is 1. The Morgan fingerprint density at radius 2 is 1.91 bits per heavy atom. The van der Waals surface area contributed by atoms with Gasteiger partial charge in [-0.15, -0.1) is 0 Å². The molecule has 5 heteroatoms. The van der Waals surface area contributed by atoms with Crippen LogP contribution in [-0.4, -0.2) is 15.9 Å². The summed E-state index contributed by atoms with van der Waals surface area (Å²) in [7, 11) is 0. The molecule has 1 saturated carbocycles. The molecule has 4 rings (SSSR count). The number of carbonyl (C=O) groups excluding carboxylic acids is 1. The smallest absolute Gasteiger partial charge is 0.231 e. The van der Waals surface area contributed by atoms with Gasteiger partial charge < -0.3 is 10.3 Å². The van der Waals surface area contributed by atoms with Crippen molar-refractivity contribution in [1.29, 1.82) is 0 Å². The second-order valence-corrected chi connectivity index (χ2v) is 6.41. The quantitative estimate of drug-likeness (QED) is 0.770. The van der Waals surface area contributed by atoms with Crippen molar-refractivity contribution in [2.75, 3.05) is 0 Å². The molecule has 1 aliphatic rings. The number of hydrogen-bond acceptors (Lipinski definition) is 2. The van der Waals surface area contributed by atoms with E-state index in [1.165, 1.54) is 0 Å². The first kappa shape index (κ1) is 14.3. The maximum Gasteiger partial charge on any atom is 0.231 e. The van der Waals surface area contributed by atoms with Crippen LogP contribution in [0.3, 0.4) is 0 Å². The SMILES string of the molecule is O=C(NCc1nc2ccccc2[nH]1)C1(c2ccc(Cl)cc2)CC1. The second-order valence-electron chi connectivity index (χ2n) is 5.97. The molecule has 0 spiro atoms. The van der Waals surface area contributed by atoms with E-state index < -0.39 is 5.41 Å². The number of aromatic nitrogens is 2. The van der Waals surface area contributed by atoms with Crippen molar-refractivity contribution in [2.24, 2.45) is 0 Å². The normalized spacial score (nSPS) is 15.5. The zero-order valence-electron chi connectivity index (χ0n) is 12.5. The van der Waals surface area contributed by atoms with Gasteiger partial charge >= 0.3 is 0 Å². The van der Waals surface area contributed by atoms with Crippen LogP contribution in [0.15, 0.2) is 48.5 Å². The molecular formula is C18H16ClN3O. The van der Waals surface area contributed by atoms with Gasteiger partial charge in [-0.1, -0.05) is 35.9 Å². The van der Waals surface area contributed by atoms with Crippen LogP contribution >= 0.6 is 11.6 Å². The molecule has 0 radical (unpaired) electrons. The Labute approximate surface area is 138 Å². The van der Waals surface area contributed by atoms with Crippen molar-refractivity contribution in [2.45, 2.75) is 24.8 Å². The van der Waals surface area contributed by atoms with Crippen molar-refractivity contribution < 1.29 is 4.79 Å². The number of para-hydroxylation sites is 2. The molecule has 4 nitrogen and oxygen atoms in total. The van der Waals surface area contributed by atoms with Gasteiger partial charge in [0.25, 0.3) is 0 Å². The minimum atomic E-state index is -0.392. The van der Waals surface area contributed by atoms with E-state index in [9.17, 15) is 4.79 Å². The van der Waals surface area contributed by atoms with Crippen LogP contribution in [0.4, 0.5) is 0 Å². The number of nitrogens with one attached hydrogen (secondary N) is 2. The Bertz CT molecular complexity index is 832. The number of H-pyrrole nitrogens is 1. The number of aromatic amines is 1. The molecule has 0 bridgehead atoms. The van der Waals surface area contributed by atoms with E-state index in [4.69, 9.17) is 11.6 Å². The number of halogens is 1. The summed E-state index contributed by atoms with van der Waals surface area (Å²) in [6, 6.07) is 15.4. The minimum absolute atomic E-state index is 0.0558. The highest BCUT2D eigenvalue weighted by atomic mass is 35.5. The monoisotopic (exact) mass is 325 g/mol. The van der Waals surface area contributed by atoms with Crippen molar-refractivity contribution in [1.82, 2.24) is 15.3 Å². The highest BCUT2D eigenvalue weighted by molar-refractivity contribution is 6.30. The number of imidazole rings is 1. The van der Waals surface area contributed by atoms with Gasteiger partial charge in [-0.2, -0.15) is 0 Å². The maximum atomic E-state index is 12.6. The van der Waals surface area contributed by atoms with E-state index >= 15 is 0 Å². The Hall–Kier alpha value is -2.33. The van der Waals surface area contributed by atoms with Crippen LogP contribution in [0, 0.1) is 0 Å². The first-order valence-corrected chi connectivity index (χ1v) is 8.03. The highest BCUT2D eigenvalue weighted by Crippen LogP contribution is 2.48. The molecule has 1 heterocycles. The highest BCUT2D eigenvalue weighted by Gasteiger charge is 2.51. The lowest BCUT2D eigenvalue weighted by atomic mass is 9.95. The number of nitrogens with zero attached hydrogens (tertiary/aromatic N) is 1. The Morgan fingerprint density at radius 1 is 1.17 bits per heavy atom. The fraction of sp³-hybridized carbons (Fsp3) is 0.222. The summed E-state index contributed by atoms with van der Waals surface area (Å²) in [6.45, 7) is 0.406. The van der Waals surface area contributed by atoms with Gasteiger partial charge in [0.1, 0.15) is 5.82 Å². The molecule has 2 N–H and O–H groups in total. The maximum absolute atomic E-state index is 12.6. The Kier molecular flexibility index (Phi) is 3.34. The molecule has 116 valence electrons. The van der Waals surface area contributed by atoms with Gasteiger partial charge in [0, 0.05) is 5.02 Å². The summed E-state index contributed by atoms with van der Waals surface area (Å²) in [5.74, 6) is 0.826. The fourth-order valence-electron chi connectivity index (χ4n) is 2.96. The zero-order chi connectivity index (χ0) is 15.9. The average molecular weight is 326 g/mol. The van der Waals surface area contributed by atoms with Gasteiger partial charge in [0.2, 0.25) is 5.91 Å². The van der Waals surface area contributed by atoms with Gasteiger partial charge in [-0.05, 0) is 42.7 Å². The topological polar surface area (TPSA) is 57.8 Å². The molecule has 0 atom stereocenters. The van der Waals surface area contributed by atoms with E-state index in [-0.39, 0.29) is 5.91 Å². The molecular weight excluding hydrogens is 310 g/mol. The summed E-state index contributed by atoms with van der Waals surface area (Å²) >= 11 is 5.93. The summed E-state index contributed by atoms with van der Waals surface area (Å²) in [5, 5.41) is 3.70. The molecule has 0 aliphatic heterocycles. The standard InChI is InChI=1S/C18H16ClN3O/c19-13-7-5-12(6-8-13)18(9-10-18)17(23)20-11-16-21-14-3-1-2-4-15(14)22-16/h1-8H,9-11H2,(H,20,23)(H,21,22). The first-order chi connectivity index (χ1) is 11.2. The first-order valence-electron chi connectivity index (χ1n) is 7.65. The van der Waals surface area contributed by atoms with Gasteiger partial charge in [0.15, 0.2) is 0 Å². The largest absolute Gasteiger partial charge is 0.348 e. The van der Waals surface area contributed by atoms with Crippen LogP contribution in [0.1, 0.15) is 24.2 Å². The van der Waals surface area contributed by atoms with Crippen LogP contribution < -0.4 is 5.32 Å². The summed E-state index contributed by atoms with van der Waals surface area (Å²) < 4.78 is 0. The zero-order valence-corrected chi connectivity index (χ0v) is 13.2. The minimum Gasteiger partial charge on any atom is -0.348 e. The summed E-state index contributed by atoms with van der Waals surface area (Å²) in [6.07, 6.45) is 1.75. The van der Waals surface area contributed by atoms with Crippen LogP contribution in [0.25, 0.3) is 11.0 Å². The van der Waals surface area contributed by atoms with E-state index in [1.54, 1.807) is 0 Å². The second kappa shape index (κ2) is 5.39. The predicted octanol–water partition coefficient (Wildman–Crippen LogP) is 3.56. The van der Waals surface area contributed by atoms with Crippen LogP contribution in [-0.2, 0) is 16.8 Å². The van der Waals surface area contributed by atoms with Crippen molar-refractivity contribution in [3.05, 3.63) is 64.9 Å². The number of amides is 1. The molecule has 1 aromatic heterocycles. The Balaban J connectivity index is 1.48. The lowest BCUT2D eigenvalue weighted by molar-refractivity contribution is -0.123. The van der Waals surface area contributed by atoms with Gasteiger partial charge in [-0.25, -0.2) is 4.98 Å². The molecule has 1 amide bonds. The van der Waals surface area contributed by atoms with E-state index in [0.29, 0.717) is 11.6 Å². The number of hydrogen-bond donors (Lipinski definition) is 2. The predicted molar refractivity (Wildman–Crippen MR) is 90.3 cm³/mol. The van der Waals surface area contributed by atoms with Crippen LogP contribution in [0.5, 0.6) is 0 Å². The third-order valence-corrected chi connectivity index (χ3v) is 4.69. The van der Waals surface area contributed by atoms with Crippen molar-refractivity contribution in [3.63, 3.8) is 0 Å². The average Bonchev–Trinajstić information content (AvgIpc) is 3.27. The molecule has 0 saturated heterocycles. The molecule has 1 aliphatic carbocycles. The van der Waals surface area contributed by atoms with E-state index in [1.807, 2.05) is 48.5 Å². The lowest BCUT2D eigenvalue weighted by Gasteiger charge is -2.15. The Morgan fingerprint density at radius 3 is 2.61 bits per heavy atom. The molecule has 23 heavy (non-hydrogen) atoms. The van der Waals surface area contributed by atoms with E-state index in [2.05, 4.69) is 15.3 Å². The van der Waals surface area contributed by atoms with Crippen molar-refractivity contribution in [3.8, 4) is 0 Å². The third-order valence-electron chi connectivity index (χ3n) is 4.44. The fourth-order valence-corrected chi connectivity index (χ4v) is 3.09. The van der Waals surface area contributed by atoms with Crippen LogP contribution in [0.2, 0.25) is 5.02 Å². The third kappa shape index (κ3) is 2.59. The van der Waals surface area contributed by atoms with Gasteiger partial charge in [0.05, 0.1) is 23.0 Å². The number of carbonyl (C=O) groups is 1. The van der Waals surface area contributed by atoms with Crippen molar-refractivity contribution >= 4 is 28.5 Å². The molecule has 1 fully saturated rings. The van der Waals surface area contributed by atoms with Gasteiger partial charge in [-0.3, -0.25) is 4.79 Å². The number of rotatable bonds is 4. The lowest BCUT2D eigenvalue weighted by Crippen LogP contribution is -2.34. The van der Waals surface area contributed by atoms with E-state index in [0.717, 1.165) is 35.3 Å². The number of benzene rings is 2. The molecule has 3 aromatic rings. The molecule has 2 aromatic carbocycles. The summed E-state index contributed by atoms with van der Waals surface area (Å²) in [5.41, 5.74) is 2.53.